The second kappa shape index (κ2) is 6.41. The summed E-state index contributed by atoms with van der Waals surface area (Å²) in [5.41, 5.74) is 0. The van der Waals surface area contributed by atoms with Crippen LogP contribution in [-0.2, 0) is 0 Å². The maximum absolute atomic E-state index is 3.63. The molecule has 0 aromatic heterocycles. The molecule has 2 nitrogen and oxygen atoms in total. The predicted molar refractivity (Wildman–Crippen MR) is 62.6 cm³/mol. The van der Waals surface area contributed by atoms with Crippen molar-refractivity contribution >= 4 is 0 Å². The number of hydrogen-bond donors (Lipinski definition) is 2. The van der Waals surface area contributed by atoms with E-state index in [1.165, 1.54) is 38.6 Å². The summed E-state index contributed by atoms with van der Waals surface area (Å²) in [6.45, 7) is 7.90. The molecule has 0 aromatic carbocycles. The molecule has 0 aromatic rings. The highest BCUT2D eigenvalue weighted by atomic mass is 15.0. The summed E-state index contributed by atoms with van der Waals surface area (Å²) < 4.78 is 0. The Balaban J connectivity index is 2.11. The molecule has 0 spiro atoms. The number of rotatable bonds is 5. The van der Waals surface area contributed by atoms with Gasteiger partial charge in [0.15, 0.2) is 0 Å². The van der Waals surface area contributed by atoms with Crippen molar-refractivity contribution in [2.24, 2.45) is 0 Å². The van der Waals surface area contributed by atoms with Gasteiger partial charge in [-0.3, -0.25) is 0 Å². The third-order valence-electron chi connectivity index (χ3n) is 2.98. The quantitative estimate of drug-likeness (QED) is 0.708. The van der Waals surface area contributed by atoms with Gasteiger partial charge in [0.25, 0.3) is 0 Å². The van der Waals surface area contributed by atoms with E-state index in [1.54, 1.807) is 0 Å². The van der Waals surface area contributed by atoms with Gasteiger partial charge in [-0.2, -0.15) is 0 Å². The molecular formula is C12H26N2. The lowest BCUT2D eigenvalue weighted by molar-refractivity contribution is 0.296. The fraction of sp³-hybridized carbons (Fsp3) is 1.00. The van der Waals surface area contributed by atoms with Crippen molar-refractivity contribution in [2.75, 3.05) is 6.54 Å². The fourth-order valence-corrected chi connectivity index (χ4v) is 2.28. The fourth-order valence-electron chi connectivity index (χ4n) is 2.28. The molecule has 0 amide bonds. The van der Waals surface area contributed by atoms with Crippen molar-refractivity contribution in [1.29, 1.82) is 0 Å². The molecule has 2 N–H and O–H groups in total. The molecule has 2 heteroatoms. The molecular weight excluding hydrogens is 172 g/mol. The first-order valence-electron chi connectivity index (χ1n) is 6.21. The van der Waals surface area contributed by atoms with E-state index in [1.807, 2.05) is 0 Å². The van der Waals surface area contributed by atoms with E-state index in [-0.39, 0.29) is 0 Å². The van der Waals surface area contributed by atoms with Crippen molar-refractivity contribution in [2.45, 2.75) is 71.0 Å². The van der Waals surface area contributed by atoms with Gasteiger partial charge in [0.05, 0.1) is 0 Å². The van der Waals surface area contributed by atoms with Gasteiger partial charge in [-0.1, -0.05) is 20.8 Å². The predicted octanol–water partition coefficient (Wildman–Crippen LogP) is 2.30. The largest absolute Gasteiger partial charge is 0.314 e. The van der Waals surface area contributed by atoms with E-state index in [0.29, 0.717) is 6.04 Å². The molecule has 1 aliphatic carbocycles. The van der Waals surface area contributed by atoms with E-state index in [0.717, 1.165) is 12.1 Å². The van der Waals surface area contributed by atoms with Crippen LogP contribution in [0, 0.1) is 0 Å². The Labute approximate surface area is 88.8 Å². The Morgan fingerprint density at radius 1 is 1.07 bits per heavy atom. The van der Waals surface area contributed by atoms with Crippen LogP contribution < -0.4 is 10.6 Å². The molecule has 84 valence electrons. The van der Waals surface area contributed by atoms with Crippen molar-refractivity contribution < 1.29 is 0 Å². The van der Waals surface area contributed by atoms with Crippen LogP contribution >= 0.6 is 0 Å². The number of hydrogen-bond acceptors (Lipinski definition) is 2. The zero-order chi connectivity index (χ0) is 10.4. The second-order valence-corrected chi connectivity index (χ2v) is 4.82. The molecule has 0 aliphatic heterocycles. The van der Waals surface area contributed by atoms with E-state index in [4.69, 9.17) is 0 Å². The van der Waals surface area contributed by atoms with Gasteiger partial charge in [-0.15, -0.1) is 0 Å². The van der Waals surface area contributed by atoms with Gasteiger partial charge in [0.2, 0.25) is 0 Å². The summed E-state index contributed by atoms with van der Waals surface area (Å²) in [5, 5.41) is 7.25. The van der Waals surface area contributed by atoms with Crippen LogP contribution in [0.4, 0.5) is 0 Å². The highest BCUT2D eigenvalue weighted by molar-refractivity contribution is 4.81. The summed E-state index contributed by atoms with van der Waals surface area (Å²) in [6, 6.07) is 2.20. The zero-order valence-corrected chi connectivity index (χ0v) is 9.97. The van der Waals surface area contributed by atoms with Gasteiger partial charge in [-0.25, -0.2) is 0 Å². The monoisotopic (exact) mass is 198 g/mol. The average Bonchev–Trinajstić information content (AvgIpc) is 2.16. The van der Waals surface area contributed by atoms with Gasteiger partial charge >= 0.3 is 0 Å². The third kappa shape index (κ3) is 4.43. The van der Waals surface area contributed by atoms with Crippen LogP contribution in [0.2, 0.25) is 0 Å². The smallest absolute Gasteiger partial charge is 0.00705 e. The molecule has 0 bridgehead atoms. The van der Waals surface area contributed by atoms with Crippen molar-refractivity contribution in [3.05, 3.63) is 0 Å². The van der Waals surface area contributed by atoms with Crippen LogP contribution in [-0.4, -0.2) is 24.7 Å². The zero-order valence-electron chi connectivity index (χ0n) is 9.97. The molecule has 0 radical (unpaired) electrons. The molecule has 1 aliphatic rings. The average molecular weight is 198 g/mol. The first-order chi connectivity index (χ1) is 6.72. The summed E-state index contributed by atoms with van der Waals surface area (Å²) in [4.78, 5) is 0. The van der Waals surface area contributed by atoms with E-state index >= 15 is 0 Å². The Hall–Kier alpha value is -0.0800. The Morgan fingerprint density at radius 3 is 2.14 bits per heavy atom. The maximum atomic E-state index is 3.63. The van der Waals surface area contributed by atoms with Crippen LogP contribution in [0.15, 0.2) is 0 Å². The van der Waals surface area contributed by atoms with Crippen LogP contribution in [0.25, 0.3) is 0 Å². The Bertz CT molecular complexity index is 137. The third-order valence-corrected chi connectivity index (χ3v) is 2.98. The molecule has 1 saturated carbocycles. The minimum absolute atomic E-state index is 0.639. The molecule has 0 unspecified atom stereocenters. The summed E-state index contributed by atoms with van der Waals surface area (Å²) in [5.74, 6) is 0. The highest BCUT2D eigenvalue weighted by Crippen LogP contribution is 2.18. The number of nitrogens with one attached hydrogen (secondary N) is 2. The Kier molecular flexibility index (Phi) is 5.49. The van der Waals surface area contributed by atoms with Crippen LogP contribution in [0.1, 0.15) is 52.9 Å². The molecule has 14 heavy (non-hydrogen) atoms. The molecule has 0 saturated heterocycles. The Morgan fingerprint density at radius 2 is 1.64 bits per heavy atom. The molecule has 0 atom stereocenters. The van der Waals surface area contributed by atoms with Gasteiger partial charge in [0, 0.05) is 18.1 Å². The first kappa shape index (κ1) is 12.0. The van der Waals surface area contributed by atoms with Crippen molar-refractivity contribution in [3.63, 3.8) is 0 Å². The van der Waals surface area contributed by atoms with Crippen molar-refractivity contribution in [3.8, 4) is 0 Å². The minimum atomic E-state index is 0.639. The lowest BCUT2D eigenvalue weighted by Gasteiger charge is -2.31. The lowest BCUT2D eigenvalue weighted by Crippen LogP contribution is -2.42. The standard InChI is InChI=1S/C12H26N2/c1-4-9-13-11-5-7-12(8-6-11)14-10(2)3/h10-14H,4-9H2,1-3H3. The van der Waals surface area contributed by atoms with Gasteiger partial charge in [-0.05, 0) is 38.6 Å². The van der Waals surface area contributed by atoms with E-state index in [9.17, 15) is 0 Å². The van der Waals surface area contributed by atoms with E-state index in [2.05, 4.69) is 31.4 Å². The summed E-state index contributed by atoms with van der Waals surface area (Å²) in [7, 11) is 0. The second-order valence-electron chi connectivity index (χ2n) is 4.82. The highest BCUT2D eigenvalue weighted by Gasteiger charge is 2.20. The SMILES string of the molecule is CCCNC1CCC(NC(C)C)CC1. The van der Waals surface area contributed by atoms with Gasteiger partial charge < -0.3 is 10.6 Å². The lowest BCUT2D eigenvalue weighted by atomic mass is 9.91. The van der Waals surface area contributed by atoms with Gasteiger partial charge in [0.1, 0.15) is 0 Å². The van der Waals surface area contributed by atoms with Crippen LogP contribution in [0.3, 0.4) is 0 Å². The summed E-state index contributed by atoms with van der Waals surface area (Å²) in [6.07, 6.45) is 6.65. The maximum Gasteiger partial charge on any atom is 0.00705 e. The van der Waals surface area contributed by atoms with E-state index < -0.39 is 0 Å². The normalized spacial score (nSPS) is 28.3. The van der Waals surface area contributed by atoms with Crippen LogP contribution in [0.5, 0.6) is 0 Å². The summed E-state index contributed by atoms with van der Waals surface area (Å²) >= 11 is 0. The molecule has 1 rings (SSSR count). The van der Waals surface area contributed by atoms with Crippen molar-refractivity contribution in [1.82, 2.24) is 10.6 Å². The first-order valence-corrected chi connectivity index (χ1v) is 6.21. The minimum Gasteiger partial charge on any atom is -0.314 e. The topological polar surface area (TPSA) is 24.1 Å². The molecule has 1 fully saturated rings. The molecule has 0 heterocycles.